The molecule has 1 saturated heterocycles. The average Bonchev–Trinajstić information content (AvgIpc) is 3.21. The van der Waals surface area contributed by atoms with E-state index in [1.165, 1.54) is 18.4 Å². The van der Waals surface area contributed by atoms with Gasteiger partial charge in [-0.1, -0.05) is 28.9 Å². The molecule has 2 fully saturated rings. The van der Waals surface area contributed by atoms with E-state index in [4.69, 9.17) is 14.1 Å². The zero-order chi connectivity index (χ0) is 17.9. The van der Waals surface area contributed by atoms with Crippen LogP contribution in [-0.2, 0) is 14.1 Å². The Morgan fingerprint density at radius 2 is 1.64 bits per heavy atom. The minimum atomic E-state index is -0.340. The number of hydrogen-bond donors (Lipinski definition) is 0. The Morgan fingerprint density at radius 3 is 2.28 bits per heavy atom. The second-order valence-electron chi connectivity index (χ2n) is 8.86. The monoisotopic (exact) mass is 341 g/mol. The van der Waals surface area contributed by atoms with Crippen molar-refractivity contribution >= 4 is 18.3 Å². The van der Waals surface area contributed by atoms with Crippen LogP contribution in [0.1, 0.15) is 70.9 Å². The Kier molecular flexibility index (Phi) is 3.82. The normalized spacial score (nSPS) is 26.1. The number of aryl methyl sites for hydroxylation is 1. The Bertz CT molecular complexity index is 704. The van der Waals surface area contributed by atoms with Gasteiger partial charge in [0.15, 0.2) is 0 Å². The van der Waals surface area contributed by atoms with E-state index in [0.29, 0.717) is 0 Å². The van der Waals surface area contributed by atoms with Crippen LogP contribution in [0.4, 0.5) is 0 Å². The van der Waals surface area contributed by atoms with Crippen molar-refractivity contribution in [2.24, 2.45) is 5.16 Å². The molecule has 0 amide bonds. The standard InChI is InChI=1S/C20H28BNO3/c1-14-8-9-15(17-13-20(25-22-17)10-6-7-11-20)12-16(14)21-23-18(2,3)19(4,5)24-21/h8-9,12H,6-7,10-11,13H2,1-5H3. The first-order valence-electron chi connectivity index (χ1n) is 9.43. The van der Waals surface area contributed by atoms with Gasteiger partial charge in [0.05, 0.1) is 16.9 Å². The molecule has 0 bridgehead atoms. The van der Waals surface area contributed by atoms with Crippen molar-refractivity contribution in [1.29, 1.82) is 0 Å². The molecule has 1 spiro atoms. The molecule has 1 aromatic rings. The minimum Gasteiger partial charge on any atom is -0.399 e. The van der Waals surface area contributed by atoms with E-state index in [0.717, 1.165) is 36.0 Å². The Balaban J connectivity index is 1.60. The summed E-state index contributed by atoms with van der Waals surface area (Å²) in [7, 11) is -0.340. The molecule has 0 aromatic heterocycles. The zero-order valence-corrected chi connectivity index (χ0v) is 16.0. The molecule has 25 heavy (non-hydrogen) atoms. The molecular weight excluding hydrogens is 313 g/mol. The van der Waals surface area contributed by atoms with Crippen LogP contribution < -0.4 is 5.46 Å². The molecule has 2 aliphatic heterocycles. The number of benzene rings is 1. The molecule has 0 radical (unpaired) electrons. The third kappa shape index (κ3) is 2.82. The number of hydrogen-bond acceptors (Lipinski definition) is 4. The van der Waals surface area contributed by atoms with Crippen molar-refractivity contribution in [1.82, 2.24) is 0 Å². The minimum absolute atomic E-state index is 0.0370. The summed E-state index contributed by atoms with van der Waals surface area (Å²) in [5.41, 5.74) is 3.75. The topological polar surface area (TPSA) is 40.0 Å². The molecule has 5 heteroatoms. The third-order valence-electron chi connectivity index (χ3n) is 6.47. The summed E-state index contributed by atoms with van der Waals surface area (Å²) in [6, 6.07) is 6.45. The molecule has 1 saturated carbocycles. The van der Waals surface area contributed by atoms with E-state index < -0.39 is 0 Å². The van der Waals surface area contributed by atoms with Crippen LogP contribution in [-0.4, -0.2) is 29.6 Å². The maximum atomic E-state index is 6.25. The van der Waals surface area contributed by atoms with Crippen molar-refractivity contribution < 1.29 is 14.1 Å². The van der Waals surface area contributed by atoms with Crippen LogP contribution in [0.2, 0.25) is 0 Å². The molecule has 0 unspecified atom stereocenters. The van der Waals surface area contributed by atoms with Gasteiger partial charge in [0.25, 0.3) is 0 Å². The van der Waals surface area contributed by atoms with E-state index in [1.54, 1.807) is 0 Å². The Hall–Kier alpha value is -1.33. The van der Waals surface area contributed by atoms with Gasteiger partial charge >= 0.3 is 7.12 Å². The maximum Gasteiger partial charge on any atom is 0.495 e. The third-order valence-corrected chi connectivity index (χ3v) is 6.47. The van der Waals surface area contributed by atoms with Gasteiger partial charge in [-0.15, -0.1) is 0 Å². The lowest BCUT2D eigenvalue weighted by atomic mass is 9.75. The molecule has 1 aromatic carbocycles. The summed E-state index contributed by atoms with van der Waals surface area (Å²) in [5, 5.41) is 4.43. The second kappa shape index (κ2) is 5.58. The summed E-state index contributed by atoms with van der Waals surface area (Å²) in [6.45, 7) is 10.5. The average molecular weight is 341 g/mol. The second-order valence-corrected chi connectivity index (χ2v) is 8.86. The van der Waals surface area contributed by atoms with Gasteiger partial charge in [0, 0.05) is 6.42 Å². The maximum absolute atomic E-state index is 6.25. The lowest BCUT2D eigenvalue weighted by Gasteiger charge is -2.32. The van der Waals surface area contributed by atoms with Crippen LogP contribution >= 0.6 is 0 Å². The van der Waals surface area contributed by atoms with E-state index in [1.807, 2.05) is 0 Å². The van der Waals surface area contributed by atoms with Gasteiger partial charge in [0.2, 0.25) is 0 Å². The van der Waals surface area contributed by atoms with Crippen LogP contribution in [0.5, 0.6) is 0 Å². The number of oxime groups is 1. The van der Waals surface area contributed by atoms with Crippen LogP contribution in [0.15, 0.2) is 23.4 Å². The summed E-state index contributed by atoms with van der Waals surface area (Å²) in [6.07, 6.45) is 5.65. The first kappa shape index (κ1) is 17.1. The smallest absolute Gasteiger partial charge is 0.399 e. The van der Waals surface area contributed by atoms with E-state index in [9.17, 15) is 0 Å². The van der Waals surface area contributed by atoms with Crippen LogP contribution in [0.3, 0.4) is 0 Å². The summed E-state index contributed by atoms with van der Waals surface area (Å²) in [4.78, 5) is 5.86. The fraction of sp³-hybridized carbons (Fsp3) is 0.650. The summed E-state index contributed by atoms with van der Waals surface area (Å²) < 4.78 is 12.5. The lowest BCUT2D eigenvalue weighted by molar-refractivity contribution is -0.0126. The molecule has 4 rings (SSSR count). The van der Waals surface area contributed by atoms with Gasteiger partial charge in [0.1, 0.15) is 5.60 Å². The Labute approximate surface area is 151 Å². The molecular formula is C20H28BNO3. The highest BCUT2D eigenvalue weighted by Gasteiger charge is 2.52. The zero-order valence-electron chi connectivity index (χ0n) is 16.0. The molecule has 134 valence electrons. The summed E-state index contributed by atoms with van der Waals surface area (Å²) in [5.74, 6) is 0. The van der Waals surface area contributed by atoms with Gasteiger partial charge in [-0.05, 0) is 71.3 Å². The van der Waals surface area contributed by atoms with Gasteiger partial charge in [-0.25, -0.2) is 0 Å². The largest absolute Gasteiger partial charge is 0.495 e. The first-order valence-corrected chi connectivity index (χ1v) is 9.43. The molecule has 2 heterocycles. The van der Waals surface area contributed by atoms with E-state index >= 15 is 0 Å². The summed E-state index contributed by atoms with van der Waals surface area (Å²) >= 11 is 0. The fourth-order valence-electron chi connectivity index (χ4n) is 4.01. The lowest BCUT2D eigenvalue weighted by Crippen LogP contribution is -2.41. The van der Waals surface area contributed by atoms with Gasteiger partial charge < -0.3 is 14.1 Å². The van der Waals surface area contributed by atoms with Crippen LogP contribution in [0, 0.1) is 6.92 Å². The van der Waals surface area contributed by atoms with Crippen molar-refractivity contribution in [2.75, 3.05) is 0 Å². The van der Waals surface area contributed by atoms with Gasteiger partial charge in [-0.2, -0.15) is 0 Å². The predicted molar refractivity (Wildman–Crippen MR) is 100 cm³/mol. The first-order chi connectivity index (χ1) is 11.7. The highest BCUT2D eigenvalue weighted by Crippen LogP contribution is 2.41. The molecule has 4 nitrogen and oxygen atoms in total. The van der Waals surface area contributed by atoms with Crippen molar-refractivity contribution in [3.63, 3.8) is 0 Å². The van der Waals surface area contributed by atoms with Crippen molar-refractivity contribution in [2.45, 2.75) is 83.5 Å². The highest BCUT2D eigenvalue weighted by atomic mass is 16.7. The quantitative estimate of drug-likeness (QED) is 0.770. The fourth-order valence-corrected chi connectivity index (χ4v) is 4.01. The van der Waals surface area contributed by atoms with Crippen LogP contribution in [0.25, 0.3) is 0 Å². The molecule has 0 N–H and O–H groups in total. The van der Waals surface area contributed by atoms with E-state index in [2.05, 4.69) is 58.0 Å². The number of nitrogens with zero attached hydrogens (tertiary/aromatic N) is 1. The predicted octanol–water partition coefficient (Wildman–Crippen LogP) is 3.73. The van der Waals surface area contributed by atoms with Crippen molar-refractivity contribution in [3.8, 4) is 0 Å². The van der Waals surface area contributed by atoms with Gasteiger partial charge in [-0.3, -0.25) is 0 Å². The molecule has 1 aliphatic carbocycles. The molecule has 3 aliphatic rings. The molecule has 0 atom stereocenters. The van der Waals surface area contributed by atoms with Crippen molar-refractivity contribution in [3.05, 3.63) is 29.3 Å². The highest BCUT2D eigenvalue weighted by molar-refractivity contribution is 6.62. The Morgan fingerprint density at radius 1 is 1.00 bits per heavy atom. The number of rotatable bonds is 2. The SMILES string of the molecule is Cc1ccc(C2=NOC3(CCCC3)C2)cc1B1OC(C)(C)C(C)(C)O1. The van der Waals surface area contributed by atoms with E-state index in [-0.39, 0.29) is 23.9 Å².